The lowest BCUT2D eigenvalue weighted by molar-refractivity contribution is -0.114. The van der Waals surface area contributed by atoms with Gasteiger partial charge in [0.15, 0.2) is 0 Å². The Morgan fingerprint density at radius 2 is 2.12 bits per heavy atom. The van der Waals surface area contributed by atoms with Crippen LogP contribution in [0.1, 0.15) is 6.92 Å². The molecule has 0 unspecified atom stereocenters. The molecule has 2 aromatic carbocycles. The van der Waals surface area contributed by atoms with Gasteiger partial charge >= 0.3 is 0 Å². The molecule has 3 heteroatoms. The van der Waals surface area contributed by atoms with Crippen LogP contribution in [-0.2, 0) is 4.79 Å². The summed E-state index contributed by atoms with van der Waals surface area (Å²) < 4.78 is 0. The second-order valence-electron chi connectivity index (χ2n) is 3.77. The molecular weight excluding hydrogens is 212 g/mol. The van der Waals surface area contributed by atoms with Crippen LogP contribution in [0.5, 0.6) is 0 Å². The topological polar surface area (TPSA) is 55.1 Å². The first-order chi connectivity index (χ1) is 8.16. The molecule has 1 radical (unpaired) electrons. The number of rotatable bonds is 2. The number of benzene rings is 2. The molecule has 2 aromatic rings. The molecule has 2 rings (SSSR count). The van der Waals surface area contributed by atoms with E-state index < -0.39 is 0 Å². The lowest BCUT2D eigenvalue weighted by atomic mass is 10.0. The van der Waals surface area contributed by atoms with Crippen molar-refractivity contribution in [1.82, 2.24) is 0 Å². The Morgan fingerprint density at radius 3 is 2.82 bits per heavy atom. The fraction of sp³-hybridized carbons (Fsp3) is 0.0714. The van der Waals surface area contributed by atoms with Crippen LogP contribution < -0.4 is 11.1 Å². The van der Waals surface area contributed by atoms with Crippen molar-refractivity contribution in [2.45, 2.75) is 6.92 Å². The first-order valence-corrected chi connectivity index (χ1v) is 5.31. The van der Waals surface area contributed by atoms with E-state index in [1.165, 1.54) is 6.92 Å². The molecular formula is C14H13N2O. The Hall–Kier alpha value is -2.29. The van der Waals surface area contributed by atoms with E-state index in [4.69, 9.17) is 5.73 Å². The molecule has 0 aliphatic rings. The third kappa shape index (κ3) is 2.64. The predicted octanol–water partition coefficient (Wildman–Crippen LogP) is 2.69. The average molecular weight is 225 g/mol. The Morgan fingerprint density at radius 1 is 1.29 bits per heavy atom. The smallest absolute Gasteiger partial charge is 0.221 e. The molecule has 0 atom stereocenters. The van der Waals surface area contributed by atoms with Gasteiger partial charge in [0.05, 0.1) is 0 Å². The van der Waals surface area contributed by atoms with E-state index in [1.54, 1.807) is 0 Å². The molecule has 0 aliphatic carbocycles. The van der Waals surface area contributed by atoms with Crippen molar-refractivity contribution >= 4 is 17.3 Å². The van der Waals surface area contributed by atoms with Crippen molar-refractivity contribution in [2.24, 2.45) is 0 Å². The molecule has 3 N–H and O–H groups in total. The van der Waals surface area contributed by atoms with Gasteiger partial charge in [0.2, 0.25) is 5.91 Å². The second kappa shape index (κ2) is 4.70. The van der Waals surface area contributed by atoms with E-state index in [2.05, 4.69) is 11.4 Å². The third-order valence-electron chi connectivity index (χ3n) is 2.34. The first-order valence-electron chi connectivity index (χ1n) is 5.31. The van der Waals surface area contributed by atoms with Crippen molar-refractivity contribution in [1.29, 1.82) is 0 Å². The molecule has 17 heavy (non-hydrogen) atoms. The average Bonchev–Trinajstić information content (AvgIpc) is 2.29. The van der Waals surface area contributed by atoms with Gasteiger partial charge < -0.3 is 11.1 Å². The fourth-order valence-electron chi connectivity index (χ4n) is 1.66. The fourth-order valence-corrected chi connectivity index (χ4v) is 1.66. The van der Waals surface area contributed by atoms with Crippen LogP contribution in [-0.4, -0.2) is 5.91 Å². The third-order valence-corrected chi connectivity index (χ3v) is 2.34. The minimum Gasteiger partial charge on any atom is -0.399 e. The van der Waals surface area contributed by atoms with Gasteiger partial charge in [-0.1, -0.05) is 24.3 Å². The number of hydrogen-bond donors (Lipinski definition) is 2. The SMILES string of the molecule is CC(=O)Nc1ccc[c]c1-c1cccc(N)c1. The summed E-state index contributed by atoms with van der Waals surface area (Å²) >= 11 is 0. The summed E-state index contributed by atoms with van der Waals surface area (Å²) in [5.41, 5.74) is 8.96. The van der Waals surface area contributed by atoms with Crippen molar-refractivity contribution in [3.8, 4) is 11.1 Å². The maximum atomic E-state index is 11.1. The van der Waals surface area contributed by atoms with Crippen LogP contribution in [0.3, 0.4) is 0 Å². The van der Waals surface area contributed by atoms with Crippen molar-refractivity contribution in [3.05, 3.63) is 48.5 Å². The molecule has 0 aliphatic heterocycles. The quantitative estimate of drug-likeness (QED) is 0.772. The number of amides is 1. The van der Waals surface area contributed by atoms with E-state index in [-0.39, 0.29) is 5.91 Å². The summed E-state index contributed by atoms with van der Waals surface area (Å²) in [6.45, 7) is 1.48. The molecule has 0 bridgehead atoms. The molecule has 0 aromatic heterocycles. The molecule has 0 saturated heterocycles. The number of nitrogen functional groups attached to an aromatic ring is 1. The summed E-state index contributed by atoms with van der Waals surface area (Å²) in [5.74, 6) is -0.102. The molecule has 0 fully saturated rings. The monoisotopic (exact) mass is 225 g/mol. The number of carbonyl (C=O) groups is 1. The van der Waals surface area contributed by atoms with Gasteiger partial charge in [-0.2, -0.15) is 0 Å². The maximum absolute atomic E-state index is 11.1. The summed E-state index contributed by atoms with van der Waals surface area (Å²) in [7, 11) is 0. The van der Waals surface area contributed by atoms with Gasteiger partial charge in [-0.05, 0) is 29.8 Å². The minimum absolute atomic E-state index is 0.102. The van der Waals surface area contributed by atoms with E-state index in [1.807, 2.05) is 42.5 Å². The standard InChI is InChI=1S/C14H13N2O/c1-10(17)16-14-8-3-2-7-13(14)11-5-4-6-12(15)9-11/h2-6,8-9H,15H2,1H3,(H,16,17). The van der Waals surface area contributed by atoms with Crippen molar-refractivity contribution in [2.75, 3.05) is 11.1 Å². The first kappa shape index (κ1) is 11.2. The van der Waals surface area contributed by atoms with Gasteiger partial charge in [-0.25, -0.2) is 0 Å². The maximum Gasteiger partial charge on any atom is 0.221 e. The van der Waals surface area contributed by atoms with E-state index in [0.29, 0.717) is 5.69 Å². The summed E-state index contributed by atoms with van der Waals surface area (Å²) in [6, 6.07) is 16.1. The van der Waals surface area contributed by atoms with Crippen molar-refractivity contribution < 1.29 is 4.79 Å². The number of nitrogens with one attached hydrogen (secondary N) is 1. The lowest BCUT2D eigenvalue weighted by Gasteiger charge is -2.09. The van der Waals surface area contributed by atoms with E-state index >= 15 is 0 Å². The normalized spacial score (nSPS) is 9.94. The summed E-state index contributed by atoms with van der Waals surface area (Å²) in [6.07, 6.45) is 0. The van der Waals surface area contributed by atoms with Crippen LogP contribution in [0.2, 0.25) is 0 Å². The molecule has 0 saturated carbocycles. The highest BCUT2D eigenvalue weighted by atomic mass is 16.1. The summed E-state index contributed by atoms with van der Waals surface area (Å²) in [5, 5.41) is 2.78. The summed E-state index contributed by atoms with van der Waals surface area (Å²) in [4.78, 5) is 11.1. The van der Waals surface area contributed by atoms with Crippen LogP contribution in [0.4, 0.5) is 11.4 Å². The van der Waals surface area contributed by atoms with Crippen LogP contribution in [0, 0.1) is 6.07 Å². The number of hydrogen-bond acceptors (Lipinski definition) is 2. The molecule has 0 heterocycles. The molecule has 0 spiro atoms. The number of anilines is 2. The Bertz CT molecular complexity index is 549. The Kier molecular flexibility index (Phi) is 3.10. The Labute approximate surface area is 100 Å². The van der Waals surface area contributed by atoms with Gasteiger partial charge in [0, 0.05) is 23.9 Å². The molecule has 1 amide bonds. The zero-order valence-electron chi connectivity index (χ0n) is 9.53. The minimum atomic E-state index is -0.102. The highest BCUT2D eigenvalue weighted by Gasteiger charge is 2.05. The second-order valence-corrected chi connectivity index (χ2v) is 3.77. The molecule has 85 valence electrons. The van der Waals surface area contributed by atoms with Gasteiger partial charge in [0.25, 0.3) is 0 Å². The van der Waals surface area contributed by atoms with Crippen LogP contribution >= 0.6 is 0 Å². The highest BCUT2D eigenvalue weighted by molar-refractivity contribution is 5.94. The van der Waals surface area contributed by atoms with Crippen LogP contribution in [0.15, 0.2) is 42.5 Å². The largest absolute Gasteiger partial charge is 0.399 e. The van der Waals surface area contributed by atoms with Gasteiger partial charge in [-0.3, -0.25) is 4.79 Å². The zero-order valence-corrected chi connectivity index (χ0v) is 9.53. The number of nitrogens with two attached hydrogens (primary N) is 1. The Balaban J connectivity index is 2.47. The van der Waals surface area contributed by atoms with Gasteiger partial charge in [0.1, 0.15) is 0 Å². The van der Waals surface area contributed by atoms with E-state index in [9.17, 15) is 4.79 Å². The van der Waals surface area contributed by atoms with E-state index in [0.717, 1.165) is 16.8 Å². The number of carbonyl (C=O) groups excluding carboxylic acids is 1. The lowest BCUT2D eigenvalue weighted by Crippen LogP contribution is -2.06. The molecule has 3 nitrogen and oxygen atoms in total. The highest BCUT2D eigenvalue weighted by Crippen LogP contribution is 2.28. The van der Waals surface area contributed by atoms with Crippen LogP contribution in [0.25, 0.3) is 11.1 Å². The predicted molar refractivity (Wildman–Crippen MR) is 69.4 cm³/mol. The zero-order chi connectivity index (χ0) is 12.3. The van der Waals surface area contributed by atoms with Gasteiger partial charge in [-0.15, -0.1) is 0 Å². The van der Waals surface area contributed by atoms with Crippen molar-refractivity contribution in [3.63, 3.8) is 0 Å².